The summed E-state index contributed by atoms with van der Waals surface area (Å²) < 4.78 is 46.1. The number of carbonyl (C=O) groups excluding carboxylic acids is 2. The van der Waals surface area contributed by atoms with Gasteiger partial charge >= 0.3 is 18.1 Å². The lowest BCUT2D eigenvalue weighted by molar-refractivity contribution is -0.216. The van der Waals surface area contributed by atoms with Gasteiger partial charge in [-0.3, -0.25) is 9.59 Å². The van der Waals surface area contributed by atoms with E-state index < -0.39 is 30.6 Å². The molecule has 0 aromatic carbocycles. The molecule has 7 heteroatoms. The van der Waals surface area contributed by atoms with Gasteiger partial charge in [-0.2, -0.15) is 13.2 Å². The molecule has 1 unspecified atom stereocenters. The van der Waals surface area contributed by atoms with Gasteiger partial charge in [0.05, 0.1) is 19.4 Å². The first-order valence-electron chi connectivity index (χ1n) is 12.2. The Kier molecular flexibility index (Phi) is 18.6. The minimum atomic E-state index is -4.59. The topological polar surface area (TPSA) is 52.6 Å². The molecule has 0 saturated heterocycles. The Bertz CT molecular complexity index is 453. The summed E-state index contributed by atoms with van der Waals surface area (Å²) in [6, 6.07) is 0. The fourth-order valence-electron chi connectivity index (χ4n) is 3.26. The molecule has 0 heterocycles. The predicted molar refractivity (Wildman–Crippen MR) is 117 cm³/mol. The summed E-state index contributed by atoms with van der Waals surface area (Å²) in [5.74, 6) is -1.63. The Morgan fingerprint density at radius 1 is 0.677 bits per heavy atom. The molecule has 0 aromatic heterocycles. The Morgan fingerprint density at radius 2 is 1.06 bits per heavy atom. The van der Waals surface area contributed by atoms with Crippen molar-refractivity contribution in [3.05, 3.63) is 0 Å². The Hall–Kier alpha value is -1.27. The molecule has 0 saturated carbocycles. The molecule has 0 aliphatic carbocycles. The molecule has 0 aromatic rings. The van der Waals surface area contributed by atoms with Crippen molar-refractivity contribution in [1.82, 2.24) is 0 Å². The van der Waals surface area contributed by atoms with Crippen molar-refractivity contribution in [1.29, 1.82) is 0 Å². The third-order valence-corrected chi connectivity index (χ3v) is 5.31. The molecule has 0 amide bonds. The van der Waals surface area contributed by atoms with E-state index in [4.69, 9.17) is 4.74 Å². The second-order valence-corrected chi connectivity index (χ2v) is 8.34. The summed E-state index contributed by atoms with van der Waals surface area (Å²) in [4.78, 5) is 22.8. The van der Waals surface area contributed by atoms with Gasteiger partial charge < -0.3 is 9.47 Å². The lowest BCUT2D eigenvalue weighted by Crippen LogP contribution is -2.31. The highest BCUT2D eigenvalue weighted by molar-refractivity contribution is 5.77. The van der Waals surface area contributed by atoms with Gasteiger partial charge in [0, 0.05) is 0 Å². The molecule has 0 radical (unpaired) electrons. The van der Waals surface area contributed by atoms with Gasteiger partial charge in [-0.1, -0.05) is 96.8 Å². The Labute approximate surface area is 186 Å². The highest BCUT2D eigenvalue weighted by Crippen LogP contribution is 2.22. The van der Waals surface area contributed by atoms with Gasteiger partial charge in [0.25, 0.3) is 0 Å². The van der Waals surface area contributed by atoms with E-state index in [0.717, 1.165) is 26.2 Å². The Balaban J connectivity index is 3.36. The van der Waals surface area contributed by atoms with E-state index >= 15 is 0 Å². The molecule has 0 rings (SSSR count). The number of halogens is 3. The van der Waals surface area contributed by atoms with Crippen molar-refractivity contribution in [2.45, 2.75) is 135 Å². The van der Waals surface area contributed by atoms with Crippen LogP contribution in [0.15, 0.2) is 0 Å². The van der Waals surface area contributed by atoms with Crippen LogP contribution in [0.25, 0.3) is 0 Å². The molecule has 0 aliphatic rings. The fourth-order valence-corrected chi connectivity index (χ4v) is 3.26. The number of hydrogen-bond donors (Lipinski definition) is 0. The normalized spacial score (nSPS) is 12.5. The molecule has 4 nitrogen and oxygen atoms in total. The maximum atomic E-state index is 12.3. The van der Waals surface area contributed by atoms with Crippen LogP contribution in [-0.2, 0) is 19.1 Å². The van der Waals surface area contributed by atoms with Crippen LogP contribution in [0, 0.1) is 0 Å². The van der Waals surface area contributed by atoms with E-state index in [9.17, 15) is 22.8 Å². The van der Waals surface area contributed by atoms with Crippen LogP contribution in [-0.4, -0.2) is 30.8 Å². The molecule has 0 aliphatic heterocycles. The lowest BCUT2D eigenvalue weighted by atomic mass is 10.0. The minimum Gasteiger partial charge on any atom is -0.466 e. The summed E-state index contributed by atoms with van der Waals surface area (Å²) in [5, 5.41) is 0. The first-order chi connectivity index (χ1) is 14.8. The molecule has 0 N–H and O–H groups in total. The molecule has 184 valence electrons. The molecule has 0 spiro atoms. The van der Waals surface area contributed by atoms with E-state index in [1.165, 1.54) is 77.0 Å². The molecule has 1 atom stereocenters. The number of esters is 2. The summed E-state index contributed by atoms with van der Waals surface area (Å²) in [7, 11) is 0. The van der Waals surface area contributed by atoms with Crippen molar-refractivity contribution in [2.75, 3.05) is 6.61 Å². The van der Waals surface area contributed by atoms with E-state index in [1.807, 2.05) is 0 Å². The fraction of sp³-hybridized carbons (Fsp3) is 0.917. The van der Waals surface area contributed by atoms with E-state index in [2.05, 4.69) is 11.7 Å². The maximum absolute atomic E-state index is 12.3. The molecule has 0 fully saturated rings. The van der Waals surface area contributed by atoms with Crippen LogP contribution >= 0.6 is 0 Å². The van der Waals surface area contributed by atoms with Gasteiger partial charge in [0.2, 0.25) is 0 Å². The van der Waals surface area contributed by atoms with Gasteiger partial charge in [-0.15, -0.1) is 0 Å². The molecular weight excluding hydrogens is 409 g/mol. The van der Waals surface area contributed by atoms with Crippen LogP contribution in [0.4, 0.5) is 13.2 Å². The second-order valence-electron chi connectivity index (χ2n) is 8.34. The van der Waals surface area contributed by atoms with Crippen molar-refractivity contribution in [3.8, 4) is 0 Å². The highest BCUT2D eigenvalue weighted by Gasteiger charge is 2.39. The number of carbonyl (C=O) groups is 2. The zero-order valence-electron chi connectivity index (χ0n) is 19.6. The summed E-state index contributed by atoms with van der Waals surface area (Å²) in [6.45, 7) is 3.28. The van der Waals surface area contributed by atoms with Crippen LogP contribution in [0.2, 0.25) is 0 Å². The SMILES string of the molecule is CCCCCCCCCCCCCCCCCOC(=O)CCC(=O)OC(C)C(F)(F)F. The second kappa shape index (κ2) is 19.4. The average Bonchev–Trinajstić information content (AvgIpc) is 2.71. The third kappa shape index (κ3) is 20.4. The summed E-state index contributed by atoms with van der Waals surface area (Å²) >= 11 is 0. The van der Waals surface area contributed by atoms with Gasteiger partial charge in [0.1, 0.15) is 0 Å². The summed E-state index contributed by atoms with van der Waals surface area (Å²) in [6.07, 6.45) is 11.4. The van der Waals surface area contributed by atoms with E-state index in [0.29, 0.717) is 0 Å². The monoisotopic (exact) mass is 452 g/mol. The zero-order chi connectivity index (χ0) is 23.4. The quantitative estimate of drug-likeness (QED) is 0.140. The van der Waals surface area contributed by atoms with Crippen molar-refractivity contribution >= 4 is 11.9 Å². The number of ether oxygens (including phenoxy) is 2. The standard InChI is InChI=1S/C24H43F3O4/c1-3-4-5-6-7-8-9-10-11-12-13-14-15-16-17-20-30-22(28)18-19-23(29)31-21(2)24(25,26)27/h21H,3-20H2,1-2H3. The first-order valence-corrected chi connectivity index (χ1v) is 12.2. The van der Waals surface area contributed by atoms with Crippen LogP contribution in [0.3, 0.4) is 0 Å². The first kappa shape index (κ1) is 29.7. The van der Waals surface area contributed by atoms with Crippen molar-refractivity contribution in [2.24, 2.45) is 0 Å². The molecular formula is C24H43F3O4. The highest BCUT2D eigenvalue weighted by atomic mass is 19.4. The van der Waals surface area contributed by atoms with Crippen LogP contribution in [0.5, 0.6) is 0 Å². The number of rotatable bonds is 20. The minimum absolute atomic E-state index is 0.262. The predicted octanol–water partition coefficient (Wildman–Crippen LogP) is 7.68. The maximum Gasteiger partial charge on any atom is 0.425 e. The number of hydrogen-bond acceptors (Lipinski definition) is 4. The Morgan fingerprint density at radius 3 is 1.48 bits per heavy atom. The summed E-state index contributed by atoms with van der Waals surface area (Å²) in [5.41, 5.74) is 0. The van der Waals surface area contributed by atoms with Gasteiger partial charge in [-0.05, 0) is 13.3 Å². The van der Waals surface area contributed by atoms with Gasteiger partial charge in [-0.25, -0.2) is 0 Å². The molecule has 0 bridgehead atoms. The van der Waals surface area contributed by atoms with E-state index in [1.54, 1.807) is 0 Å². The number of alkyl halides is 3. The van der Waals surface area contributed by atoms with E-state index in [-0.39, 0.29) is 13.0 Å². The zero-order valence-corrected chi connectivity index (χ0v) is 19.6. The van der Waals surface area contributed by atoms with Crippen molar-refractivity contribution < 1.29 is 32.2 Å². The largest absolute Gasteiger partial charge is 0.466 e. The van der Waals surface area contributed by atoms with Crippen LogP contribution in [0.1, 0.15) is 123 Å². The average molecular weight is 453 g/mol. The smallest absolute Gasteiger partial charge is 0.425 e. The number of unbranched alkanes of at least 4 members (excludes halogenated alkanes) is 14. The van der Waals surface area contributed by atoms with Crippen molar-refractivity contribution in [3.63, 3.8) is 0 Å². The third-order valence-electron chi connectivity index (χ3n) is 5.31. The van der Waals surface area contributed by atoms with Crippen LogP contribution < -0.4 is 0 Å². The molecule has 31 heavy (non-hydrogen) atoms. The van der Waals surface area contributed by atoms with Gasteiger partial charge in [0.15, 0.2) is 6.10 Å². The lowest BCUT2D eigenvalue weighted by Gasteiger charge is -2.16.